The number of benzene rings is 1. The number of urea groups is 1. The Kier molecular flexibility index (Phi) is 7.91. The fourth-order valence-electron chi connectivity index (χ4n) is 2.97. The van der Waals surface area contributed by atoms with Gasteiger partial charge in [-0.05, 0) is 49.9 Å². The predicted octanol–water partition coefficient (Wildman–Crippen LogP) is 2.54. The van der Waals surface area contributed by atoms with Crippen molar-refractivity contribution >= 4 is 16.1 Å². The molecule has 1 fully saturated rings. The highest BCUT2D eigenvalue weighted by atomic mass is 32.2. The molecule has 0 spiro atoms. The molecule has 0 atom stereocenters. The minimum atomic E-state index is -3.55. The first-order valence-corrected chi connectivity index (χ1v) is 11.0. The fourth-order valence-corrected chi connectivity index (χ4v) is 4.39. The van der Waals surface area contributed by atoms with Gasteiger partial charge < -0.3 is 15.0 Å². The number of carbonyl (C=O) groups excluding carboxylic acids is 1. The quantitative estimate of drug-likeness (QED) is 0.684. The third kappa shape index (κ3) is 6.10. The molecule has 0 bridgehead atoms. The monoisotopic (exact) mass is 397 g/mol. The predicted molar refractivity (Wildman–Crippen MR) is 105 cm³/mol. The molecule has 8 heteroatoms. The fraction of sp³-hybridized carbons (Fsp3) is 0.632. The van der Waals surface area contributed by atoms with E-state index in [0.29, 0.717) is 51.0 Å². The summed E-state index contributed by atoms with van der Waals surface area (Å²) in [7, 11) is -3.55. The van der Waals surface area contributed by atoms with Crippen LogP contribution in [-0.2, 0) is 10.0 Å². The van der Waals surface area contributed by atoms with E-state index in [9.17, 15) is 13.2 Å². The molecule has 1 saturated heterocycles. The standard InChI is InChI=1S/C19H31N3O4S/c1-4-26-17-7-9-18(10-8-17)27(24,25)22-14-12-21(13-15-22)19(23)20-11-5-6-16(2)3/h7-10,16H,4-6,11-15H2,1-3H3,(H,20,23). The van der Waals surface area contributed by atoms with E-state index in [1.54, 1.807) is 29.2 Å². The van der Waals surface area contributed by atoms with Gasteiger partial charge >= 0.3 is 6.03 Å². The third-order valence-corrected chi connectivity index (χ3v) is 6.45. The lowest BCUT2D eigenvalue weighted by Gasteiger charge is -2.34. The number of carbonyl (C=O) groups is 1. The lowest BCUT2D eigenvalue weighted by molar-refractivity contribution is 0.172. The van der Waals surface area contributed by atoms with Crippen molar-refractivity contribution in [2.24, 2.45) is 5.92 Å². The molecule has 1 aromatic carbocycles. The molecule has 1 N–H and O–H groups in total. The van der Waals surface area contributed by atoms with Crippen molar-refractivity contribution in [1.82, 2.24) is 14.5 Å². The number of nitrogens with zero attached hydrogens (tertiary/aromatic N) is 2. The van der Waals surface area contributed by atoms with Gasteiger partial charge in [-0.15, -0.1) is 0 Å². The summed E-state index contributed by atoms with van der Waals surface area (Å²) in [5.41, 5.74) is 0. The summed E-state index contributed by atoms with van der Waals surface area (Å²) in [6.45, 7) is 8.78. The van der Waals surface area contributed by atoms with Crippen LogP contribution in [0.2, 0.25) is 0 Å². The Labute approximate surface area is 162 Å². The molecule has 1 aliphatic rings. The van der Waals surface area contributed by atoms with Gasteiger partial charge in [0.05, 0.1) is 11.5 Å². The molecule has 1 aliphatic heterocycles. The molecule has 0 unspecified atom stereocenters. The summed E-state index contributed by atoms with van der Waals surface area (Å²) in [4.78, 5) is 14.1. The zero-order valence-electron chi connectivity index (χ0n) is 16.5. The van der Waals surface area contributed by atoms with Crippen molar-refractivity contribution in [3.8, 4) is 5.75 Å². The lowest BCUT2D eigenvalue weighted by atomic mass is 10.1. The Hall–Kier alpha value is -1.80. The topological polar surface area (TPSA) is 79.0 Å². The Morgan fingerprint density at radius 2 is 1.78 bits per heavy atom. The summed E-state index contributed by atoms with van der Waals surface area (Å²) >= 11 is 0. The van der Waals surface area contributed by atoms with Crippen LogP contribution in [0.5, 0.6) is 5.75 Å². The zero-order valence-corrected chi connectivity index (χ0v) is 17.3. The molecule has 7 nitrogen and oxygen atoms in total. The first kappa shape index (κ1) is 21.5. The van der Waals surface area contributed by atoms with Gasteiger partial charge in [-0.2, -0.15) is 4.31 Å². The highest BCUT2D eigenvalue weighted by Crippen LogP contribution is 2.21. The molecule has 1 heterocycles. The van der Waals surface area contributed by atoms with Crippen LogP contribution in [0.1, 0.15) is 33.6 Å². The molecule has 1 aromatic rings. The SMILES string of the molecule is CCOc1ccc(S(=O)(=O)N2CCN(C(=O)NCCCC(C)C)CC2)cc1. The van der Waals surface area contributed by atoms with Crippen LogP contribution in [0.15, 0.2) is 29.2 Å². The number of sulfonamides is 1. The van der Waals surface area contributed by atoms with Crippen LogP contribution in [0.4, 0.5) is 4.79 Å². The van der Waals surface area contributed by atoms with Crippen LogP contribution in [0.3, 0.4) is 0 Å². The van der Waals surface area contributed by atoms with Crippen LogP contribution < -0.4 is 10.1 Å². The maximum atomic E-state index is 12.8. The van der Waals surface area contributed by atoms with Crippen LogP contribution >= 0.6 is 0 Å². The zero-order chi connectivity index (χ0) is 19.9. The van der Waals surface area contributed by atoms with E-state index >= 15 is 0 Å². The second-order valence-corrected chi connectivity index (χ2v) is 9.00. The van der Waals surface area contributed by atoms with Gasteiger partial charge in [-0.3, -0.25) is 0 Å². The van der Waals surface area contributed by atoms with Crippen molar-refractivity contribution in [2.75, 3.05) is 39.3 Å². The molecule has 2 rings (SSSR count). The number of nitrogens with one attached hydrogen (secondary N) is 1. The largest absolute Gasteiger partial charge is 0.494 e. The smallest absolute Gasteiger partial charge is 0.317 e. The number of rotatable bonds is 8. The number of amides is 2. The second-order valence-electron chi connectivity index (χ2n) is 7.06. The van der Waals surface area contributed by atoms with Crippen LogP contribution in [0, 0.1) is 5.92 Å². The minimum absolute atomic E-state index is 0.114. The summed E-state index contributed by atoms with van der Waals surface area (Å²) < 4.78 is 32.3. The summed E-state index contributed by atoms with van der Waals surface area (Å²) in [5.74, 6) is 1.27. The normalized spacial score (nSPS) is 15.8. The molecule has 0 saturated carbocycles. The average Bonchev–Trinajstić information content (AvgIpc) is 2.66. The van der Waals surface area contributed by atoms with Gasteiger partial charge in [0.25, 0.3) is 0 Å². The Bertz CT molecular complexity index is 696. The second kappa shape index (κ2) is 9.94. The summed E-state index contributed by atoms with van der Waals surface area (Å²) in [6, 6.07) is 6.34. The number of piperazine rings is 1. The van der Waals surface area contributed by atoms with E-state index in [1.165, 1.54) is 4.31 Å². The molecular weight excluding hydrogens is 366 g/mol. The van der Waals surface area contributed by atoms with E-state index in [1.807, 2.05) is 6.92 Å². The first-order chi connectivity index (χ1) is 12.8. The maximum absolute atomic E-state index is 12.8. The summed E-state index contributed by atoms with van der Waals surface area (Å²) in [5, 5.41) is 2.92. The molecule has 27 heavy (non-hydrogen) atoms. The van der Waals surface area contributed by atoms with Gasteiger partial charge in [0.2, 0.25) is 10.0 Å². The highest BCUT2D eigenvalue weighted by Gasteiger charge is 2.30. The van der Waals surface area contributed by atoms with Crippen molar-refractivity contribution in [2.45, 2.75) is 38.5 Å². The number of ether oxygens (including phenoxy) is 1. The highest BCUT2D eigenvalue weighted by molar-refractivity contribution is 7.89. The van der Waals surface area contributed by atoms with Gasteiger partial charge in [0.15, 0.2) is 0 Å². The first-order valence-electron chi connectivity index (χ1n) is 9.60. The van der Waals surface area contributed by atoms with E-state index in [2.05, 4.69) is 19.2 Å². The van der Waals surface area contributed by atoms with E-state index in [0.717, 1.165) is 12.8 Å². The Morgan fingerprint density at radius 1 is 1.15 bits per heavy atom. The van der Waals surface area contributed by atoms with Crippen molar-refractivity contribution in [1.29, 1.82) is 0 Å². The minimum Gasteiger partial charge on any atom is -0.494 e. The van der Waals surface area contributed by atoms with Crippen molar-refractivity contribution < 1.29 is 17.9 Å². The van der Waals surface area contributed by atoms with Crippen LogP contribution in [0.25, 0.3) is 0 Å². The molecule has 0 radical (unpaired) electrons. The van der Waals surface area contributed by atoms with Gasteiger partial charge in [0.1, 0.15) is 5.75 Å². The average molecular weight is 398 g/mol. The van der Waals surface area contributed by atoms with E-state index in [4.69, 9.17) is 4.74 Å². The van der Waals surface area contributed by atoms with Crippen molar-refractivity contribution in [3.05, 3.63) is 24.3 Å². The maximum Gasteiger partial charge on any atom is 0.317 e. The Morgan fingerprint density at radius 3 is 2.33 bits per heavy atom. The molecular formula is C19H31N3O4S. The van der Waals surface area contributed by atoms with Crippen LogP contribution in [-0.4, -0.2) is 63.0 Å². The van der Waals surface area contributed by atoms with E-state index < -0.39 is 10.0 Å². The Balaban J connectivity index is 1.85. The molecule has 0 aromatic heterocycles. The molecule has 0 aliphatic carbocycles. The van der Waals surface area contributed by atoms with Crippen molar-refractivity contribution in [3.63, 3.8) is 0 Å². The number of hydrogen-bond acceptors (Lipinski definition) is 4. The van der Waals surface area contributed by atoms with E-state index in [-0.39, 0.29) is 10.9 Å². The van der Waals surface area contributed by atoms with Gasteiger partial charge in [-0.1, -0.05) is 13.8 Å². The van der Waals surface area contributed by atoms with Gasteiger partial charge in [0, 0.05) is 32.7 Å². The number of hydrogen-bond donors (Lipinski definition) is 1. The van der Waals surface area contributed by atoms with Gasteiger partial charge in [-0.25, -0.2) is 13.2 Å². The third-order valence-electron chi connectivity index (χ3n) is 4.53. The summed E-state index contributed by atoms with van der Waals surface area (Å²) in [6.07, 6.45) is 2.03. The molecule has 2 amide bonds. The lowest BCUT2D eigenvalue weighted by Crippen LogP contribution is -2.53. The molecule has 152 valence electrons.